The lowest BCUT2D eigenvalue weighted by molar-refractivity contribution is 0.112. The van der Waals surface area contributed by atoms with E-state index < -0.39 is 0 Å². The molecule has 2 aromatic rings. The van der Waals surface area contributed by atoms with E-state index in [2.05, 4.69) is 4.98 Å². The van der Waals surface area contributed by atoms with E-state index in [9.17, 15) is 4.79 Å². The molecule has 0 radical (unpaired) electrons. The molecule has 2 rings (SSSR count). The lowest BCUT2D eigenvalue weighted by Crippen LogP contribution is -1.85. The third-order valence-electron chi connectivity index (χ3n) is 1.64. The molecule has 0 amide bonds. The maximum Gasteiger partial charge on any atom is 0.154 e. The van der Waals surface area contributed by atoms with Crippen LogP contribution in [0.5, 0.6) is 0 Å². The zero-order chi connectivity index (χ0) is 8.55. The number of nitrogens with zero attached hydrogens (tertiary/aromatic N) is 2. The van der Waals surface area contributed by atoms with Crippen molar-refractivity contribution >= 4 is 29.1 Å². The lowest BCUT2D eigenvalue weighted by atomic mass is 10.2. The van der Waals surface area contributed by atoms with Crippen molar-refractivity contribution in [2.45, 2.75) is 0 Å². The fourth-order valence-electron chi connectivity index (χ4n) is 1.07. The predicted octanol–water partition coefficient (Wildman–Crippen LogP) is 1.85. The summed E-state index contributed by atoms with van der Waals surface area (Å²) in [7, 11) is 0. The zero-order valence-electron chi connectivity index (χ0n) is 6.07. The van der Waals surface area contributed by atoms with Gasteiger partial charge >= 0.3 is 0 Å². The van der Waals surface area contributed by atoms with Gasteiger partial charge in [-0.15, -0.1) is 0 Å². The molecule has 12 heavy (non-hydrogen) atoms. The Bertz CT molecular complexity index is 436. The minimum atomic E-state index is 0.561. The zero-order valence-corrected chi connectivity index (χ0v) is 6.82. The van der Waals surface area contributed by atoms with Gasteiger partial charge in [0.1, 0.15) is 0 Å². The van der Waals surface area contributed by atoms with Gasteiger partial charge in [0.05, 0.1) is 0 Å². The maximum atomic E-state index is 10.4. The fourth-order valence-corrected chi connectivity index (χ4v) is 1.27. The molecule has 0 bridgehead atoms. The van der Waals surface area contributed by atoms with E-state index >= 15 is 0 Å². The molecule has 3 nitrogen and oxygen atoms in total. The van der Waals surface area contributed by atoms with Crippen LogP contribution < -0.4 is 0 Å². The van der Waals surface area contributed by atoms with E-state index in [1.807, 2.05) is 6.07 Å². The summed E-state index contributed by atoms with van der Waals surface area (Å²) in [4.78, 5) is 14.4. The van der Waals surface area contributed by atoms with E-state index in [0.29, 0.717) is 11.2 Å². The molecule has 0 aliphatic heterocycles. The largest absolute Gasteiger partial charge is 0.298 e. The first-order chi connectivity index (χ1) is 5.81. The molecule has 0 N–H and O–H groups in total. The van der Waals surface area contributed by atoms with E-state index in [0.717, 1.165) is 11.7 Å². The number of pyridine rings is 1. The summed E-state index contributed by atoms with van der Waals surface area (Å²) >= 11 is 5.73. The third kappa shape index (κ3) is 0.987. The maximum absolute atomic E-state index is 10.4. The van der Waals surface area contributed by atoms with Crippen molar-refractivity contribution in [2.24, 2.45) is 0 Å². The quantitative estimate of drug-likeness (QED) is 0.628. The molecule has 0 saturated heterocycles. The Hall–Kier alpha value is -1.35. The van der Waals surface area contributed by atoms with Crippen molar-refractivity contribution in [3.05, 3.63) is 30.1 Å². The predicted molar refractivity (Wildman–Crippen MR) is 46.4 cm³/mol. The van der Waals surface area contributed by atoms with Crippen molar-refractivity contribution in [1.29, 1.82) is 0 Å². The monoisotopic (exact) mass is 180 g/mol. The highest BCUT2D eigenvalue weighted by molar-refractivity contribution is 6.18. The Labute approximate surface area is 73.7 Å². The van der Waals surface area contributed by atoms with Gasteiger partial charge in [-0.2, -0.15) is 0 Å². The smallest absolute Gasteiger partial charge is 0.154 e. The van der Waals surface area contributed by atoms with Crippen LogP contribution in [0.3, 0.4) is 0 Å². The first kappa shape index (κ1) is 7.31. The second-order valence-electron chi connectivity index (χ2n) is 2.43. The van der Waals surface area contributed by atoms with Gasteiger partial charge in [-0.05, 0) is 12.1 Å². The molecule has 0 fully saturated rings. The highest BCUT2D eigenvalue weighted by Gasteiger charge is 2.00. The summed E-state index contributed by atoms with van der Waals surface area (Å²) < 4.78 is 1.39. The summed E-state index contributed by atoms with van der Waals surface area (Å²) in [5.41, 5.74) is 1.23. The minimum absolute atomic E-state index is 0.561. The van der Waals surface area contributed by atoms with Crippen molar-refractivity contribution < 1.29 is 4.79 Å². The van der Waals surface area contributed by atoms with Crippen LogP contribution in [0.2, 0.25) is 0 Å². The van der Waals surface area contributed by atoms with Gasteiger partial charge in [-0.25, -0.2) is 9.07 Å². The van der Waals surface area contributed by atoms with Gasteiger partial charge in [0.2, 0.25) is 0 Å². The van der Waals surface area contributed by atoms with E-state index in [1.165, 1.54) is 10.3 Å². The molecule has 0 aromatic carbocycles. The summed E-state index contributed by atoms with van der Waals surface area (Å²) in [5, 5.41) is 0.870. The Morgan fingerprint density at radius 2 is 2.42 bits per heavy atom. The Morgan fingerprint density at radius 3 is 3.17 bits per heavy atom. The molecule has 0 aliphatic rings. The molecule has 4 heteroatoms. The first-order valence-corrected chi connectivity index (χ1v) is 3.73. The van der Waals surface area contributed by atoms with Crippen LogP contribution in [0.1, 0.15) is 10.4 Å². The van der Waals surface area contributed by atoms with Gasteiger partial charge in [-0.1, -0.05) is 0 Å². The lowest BCUT2D eigenvalue weighted by Gasteiger charge is -1.92. The second kappa shape index (κ2) is 2.60. The van der Waals surface area contributed by atoms with Gasteiger partial charge in [0.15, 0.2) is 11.9 Å². The van der Waals surface area contributed by atoms with E-state index in [-0.39, 0.29) is 0 Å². The number of fused-ring (bicyclic) bond motifs is 1. The standard InChI is InChI=1S/C8H5ClN2O/c9-11-2-1-7-3-6(5-12)4-10-8(7)11/h1-5H. The van der Waals surface area contributed by atoms with Crippen molar-refractivity contribution in [3.8, 4) is 0 Å². The Kier molecular flexibility index (Phi) is 1.59. The Balaban J connectivity index is 2.77. The molecule has 2 aromatic heterocycles. The van der Waals surface area contributed by atoms with Crippen molar-refractivity contribution in [1.82, 2.24) is 9.07 Å². The third-order valence-corrected chi connectivity index (χ3v) is 1.91. The average molecular weight is 181 g/mol. The van der Waals surface area contributed by atoms with Crippen LogP contribution >= 0.6 is 11.8 Å². The molecule has 60 valence electrons. The number of carbonyl (C=O) groups excluding carboxylic acids is 1. The molecule has 0 atom stereocenters. The van der Waals surface area contributed by atoms with Crippen molar-refractivity contribution in [2.75, 3.05) is 0 Å². The van der Waals surface area contributed by atoms with Gasteiger partial charge in [0.25, 0.3) is 0 Å². The van der Waals surface area contributed by atoms with Crippen LogP contribution in [-0.2, 0) is 0 Å². The molecule has 2 heterocycles. The molecule has 0 spiro atoms. The number of halogens is 1. The topological polar surface area (TPSA) is 34.9 Å². The molecule has 0 aliphatic carbocycles. The molecule has 0 saturated carbocycles. The number of rotatable bonds is 1. The molecular formula is C8H5ClN2O. The van der Waals surface area contributed by atoms with Crippen LogP contribution in [0.25, 0.3) is 11.0 Å². The molecular weight excluding hydrogens is 176 g/mol. The average Bonchev–Trinajstić information content (AvgIpc) is 2.47. The van der Waals surface area contributed by atoms with Crippen molar-refractivity contribution in [3.63, 3.8) is 0 Å². The summed E-state index contributed by atoms with van der Waals surface area (Å²) in [6.07, 6.45) is 3.94. The highest BCUT2D eigenvalue weighted by atomic mass is 35.5. The SMILES string of the molecule is O=Cc1cnc2c(ccn2Cl)c1. The van der Waals surface area contributed by atoms with Crippen LogP contribution in [-0.4, -0.2) is 15.4 Å². The summed E-state index contributed by atoms with van der Waals surface area (Å²) in [6.45, 7) is 0. The number of hydrogen-bond donors (Lipinski definition) is 0. The number of aldehydes is 1. The minimum Gasteiger partial charge on any atom is -0.298 e. The fraction of sp³-hybridized carbons (Fsp3) is 0. The number of carbonyl (C=O) groups is 1. The molecule has 0 unspecified atom stereocenters. The summed E-state index contributed by atoms with van der Waals surface area (Å²) in [6, 6.07) is 3.55. The normalized spacial score (nSPS) is 10.4. The van der Waals surface area contributed by atoms with Gasteiger partial charge < -0.3 is 0 Å². The number of hydrogen-bond acceptors (Lipinski definition) is 2. The van der Waals surface area contributed by atoms with Crippen LogP contribution in [0.15, 0.2) is 24.5 Å². The van der Waals surface area contributed by atoms with E-state index in [1.54, 1.807) is 12.3 Å². The van der Waals surface area contributed by atoms with E-state index in [4.69, 9.17) is 11.8 Å². The summed E-state index contributed by atoms with van der Waals surface area (Å²) in [5.74, 6) is 0. The Morgan fingerprint density at radius 1 is 1.58 bits per heavy atom. The van der Waals surface area contributed by atoms with Crippen LogP contribution in [0, 0.1) is 0 Å². The van der Waals surface area contributed by atoms with Gasteiger partial charge in [-0.3, -0.25) is 4.79 Å². The van der Waals surface area contributed by atoms with Gasteiger partial charge in [0, 0.05) is 35.1 Å². The second-order valence-corrected chi connectivity index (χ2v) is 2.79. The highest BCUT2D eigenvalue weighted by Crippen LogP contribution is 2.14. The van der Waals surface area contributed by atoms with Crippen LogP contribution in [0.4, 0.5) is 0 Å². The first-order valence-electron chi connectivity index (χ1n) is 3.40. The number of aromatic nitrogens is 2.